The van der Waals surface area contributed by atoms with Crippen LogP contribution in [0.1, 0.15) is 53.4 Å². The van der Waals surface area contributed by atoms with Gasteiger partial charge >= 0.3 is 8.25 Å². The lowest BCUT2D eigenvalue weighted by molar-refractivity contribution is 0.248. The molecule has 0 aliphatic carbocycles. The molecule has 0 heterocycles. The average molecular weight is 301 g/mol. The third kappa shape index (κ3) is 10.9. The highest BCUT2D eigenvalue weighted by molar-refractivity contribution is 7.32. The first-order valence-electron chi connectivity index (χ1n) is 6.78. The topological polar surface area (TPSA) is 66.8 Å². The molecule has 0 aromatic carbocycles. The molecule has 114 valence electrons. The maximum absolute atomic E-state index is 10.4. The monoisotopic (exact) mass is 301 g/mol. The lowest BCUT2D eigenvalue weighted by Crippen LogP contribution is -1.96. The summed E-state index contributed by atoms with van der Waals surface area (Å²) in [5.74, 6) is 0.0398. The zero-order valence-corrected chi connectivity index (χ0v) is 13.7. The Kier molecular flexibility index (Phi) is 10.3. The van der Waals surface area contributed by atoms with Crippen LogP contribution in [0.4, 0.5) is 0 Å². The molecule has 0 spiro atoms. The molecule has 4 nitrogen and oxygen atoms in total. The standard InChI is InChI=1S/C15H25O4P/c1-12(2)7-5-8-13(3)9-6-10-14(4)15(16)11-19-20(17)18/h7,9H,5-6,8,10-11H2,1-4H3,(H-,16,17,18)/p+1. The predicted molar refractivity (Wildman–Crippen MR) is 82.8 cm³/mol. The van der Waals surface area contributed by atoms with Crippen LogP contribution in [0.2, 0.25) is 0 Å². The molecule has 0 saturated heterocycles. The molecule has 0 aliphatic heterocycles. The van der Waals surface area contributed by atoms with E-state index in [1.165, 1.54) is 11.1 Å². The zero-order valence-electron chi connectivity index (χ0n) is 12.8. The largest absolute Gasteiger partial charge is 0.695 e. The highest BCUT2D eigenvalue weighted by Crippen LogP contribution is 2.18. The fourth-order valence-corrected chi connectivity index (χ4v) is 1.84. The van der Waals surface area contributed by atoms with Crippen molar-refractivity contribution in [3.63, 3.8) is 0 Å². The molecule has 5 heteroatoms. The molecular formula is C15H26O4P+. The van der Waals surface area contributed by atoms with Gasteiger partial charge in [-0.2, -0.15) is 0 Å². The van der Waals surface area contributed by atoms with Gasteiger partial charge in [0.15, 0.2) is 6.61 Å². The van der Waals surface area contributed by atoms with E-state index >= 15 is 0 Å². The first kappa shape index (κ1) is 19.0. The van der Waals surface area contributed by atoms with Gasteiger partial charge in [-0.25, -0.2) is 0 Å². The Bertz CT molecular complexity index is 404. The van der Waals surface area contributed by atoms with Crippen molar-refractivity contribution >= 4 is 8.25 Å². The predicted octanol–water partition coefficient (Wildman–Crippen LogP) is 4.96. The molecule has 20 heavy (non-hydrogen) atoms. The van der Waals surface area contributed by atoms with E-state index in [-0.39, 0.29) is 12.4 Å². The molecule has 0 fully saturated rings. The van der Waals surface area contributed by atoms with Crippen molar-refractivity contribution in [3.8, 4) is 0 Å². The van der Waals surface area contributed by atoms with Gasteiger partial charge in [0.05, 0.1) is 0 Å². The summed E-state index contributed by atoms with van der Waals surface area (Å²) in [6, 6.07) is 0. The molecule has 0 saturated carbocycles. The van der Waals surface area contributed by atoms with Crippen LogP contribution in [0.5, 0.6) is 0 Å². The first-order chi connectivity index (χ1) is 9.32. The van der Waals surface area contributed by atoms with E-state index in [0.29, 0.717) is 0 Å². The van der Waals surface area contributed by atoms with Gasteiger partial charge in [-0.1, -0.05) is 23.3 Å². The summed E-state index contributed by atoms with van der Waals surface area (Å²) in [6.45, 7) is 7.89. The van der Waals surface area contributed by atoms with Gasteiger partial charge in [0.2, 0.25) is 0 Å². The summed E-state index contributed by atoms with van der Waals surface area (Å²) in [5, 5.41) is 9.62. The van der Waals surface area contributed by atoms with E-state index in [0.717, 1.165) is 31.3 Å². The molecule has 1 unspecified atom stereocenters. The second kappa shape index (κ2) is 10.8. The Morgan fingerprint density at radius 2 is 1.70 bits per heavy atom. The molecule has 0 aromatic heterocycles. The van der Waals surface area contributed by atoms with Crippen molar-refractivity contribution in [1.82, 2.24) is 0 Å². The summed E-state index contributed by atoms with van der Waals surface area (Å²) in [4.78, 5) is 8.49. The molecule has 0 amide bonds. The fourth-order valence-electron chi connectivity index (χ4n) is 1.61. The van der Waals surface area contributed by atoms with E-state index in [9.17, 15) is 9.67 Å². The lowest BCUT2D eigenvalue weighted by atomic mass is 10.1. The van der Waals surface area contributed by atoms with Crippen LogP contribution in [0.15, 0.2) is 34.6 Å². The average Bonchev–Trinajstić information content (AvgIpc) is 2.35. The highest BCUT2D eigenvalue weighted by Gasteiger charge is 2.13. The Hall–Kier alpha value is -0.960. The van der Waals surface area contributed by atoms with E-state index < -0.39 is 8.25 Å². The molecule has 0 rings (SSSR count). The second-order valence-electron chi connectivity index (χ2n) is 5.15. The molecule has 0 radical (unpaired) electrons. The summed E-state index contributed by atoms with van der Waals surface area (Å²) < 4.78 is 14.8. The third-order valence-electron chi connectivity index (χ3n) is 2.91. The maximum atomic E-state index is 10.4. The van der Waals surface area contributed by atoms with Crippen molar-refractivity contribution in [3.05, 3.63) is 34.6 Å². The fraction of sp³-hybridized carbons (Fsp3) is 0.600. The van der Waals surface area contributed by atoms with E-state index in [1.807, 2.05) is 0 Å². The molecular weight excluding hydrogens is 275 g/mol. The Labute approximate surface area is 122 Å². The quantitative estimate of drug-likeness (QED) is 0.359. The SMILES string of the molecule is CC(C)=CCCC(C)=CCCC(C)=C(O)CO[P+](=O)O. The Morgan fingerprint density at radius 1 is 1.10 bits per heavy atom. The van der Waals surface area contributed by atoms with Crippen molar-refractivity contribution in [2.45, 2.75) is 53.4 Å². The van der Waals surface area contributed by atoms with E-state index in [4.69, 9.17) is 4.89 Å². The molecule has 1 atom stereocenters. The highest BCUT2D eigenvalue weighted by atomic mass is 31.1. The normalized spacial score (nSPS) is 13.8. The number of aliphatic hydroxyl groups excluding tert-OH is 1. The van der Waals surface area contributed by atoms with Gasteiger partial charge in [-0.3, -0.25) is 0 Å². The second-order valence-corrected chi connectivity index (χ2v) is 5.88. The van der Waals surface area contributed by atoms with Crippen LogP contribution in [-0.2, 0) is 9.09 Å². The minimum atomic E-state index is -2.65. The van der Waals surface area contributed by atoms with Crippen molar-refractivity contribution in [2.24, 2.45) is 0 Å². The summed E-state index contributed by atoms with van der Waals surface area (Å²) in [6.07, 6.45) is 8.07. The van der Waals surface area contributed by atoms with Gasteiger partial charge in [-0.05, 0) is 59.0 Å². The third-order valence-corrected chi connectivity index (χ3v) is 3.26. The number of hydrogen-bond acceptors (Lipinski definition) is 3. The van der Waals surface area contributed by atoms with Crippen LogP contribution in [0.3, 0.4) is 0 Å². The van der Waals surface area contributed by atoms with E-state index in [2.05, 4.69) is 37.4 Å². The lowest BCUT2D eigenvalue weighted by Gasteiger charge is -2.03. The van der Waals surface area contributed by atoms with Crippen LogP contribution >= 0.6 is 8.25 Å². The minimum Gasteiger partial charge on any atom is -0.510 e. The van der Waals surface area contributed by atoms with Gasteiger partial charge in [0, 0.05) is 4.57 Å². The van der Waals surface area contributed by atoms with Gasteiger partial charge in [0.25, 0.3) is 0 Å². The number of aliphatic hydroxyl groups is 1. The van der Waals surface area contributed by atoms with Crippen LogP contribution < -0.4 is 0 Å². The summed E-state index contributed by atoms with van der Waals surface area (Å²) in [7, 11) is -2.65. The van der Waals surface area contributed by atoms with Crippen molar-refractivity contribution in [1.29, 1.82) is 0 Å². The zero-order chi connectivity index (χ0) is 15.5. The van der Waals surface area contributed by atoms with Gasteiger partial charge in [0.1, 0.15) is 5.76 Å². The maximum Gasteiger partial charge on any atom is 0.695 e. The minimum absolute atomic E-state index is 0.0398. The van der Waals surface area contributed by atoms with Crippen molar-refractivity contribution in [2.75, 3.05) is 6.61 Å². The Balaban J connectivity index is 4.10. The first-order valence-corrected chi connectivity index (χ1v) is 7.91. The molecule has 2 N–H and O–H groups in total. The van der Waals surface area contributed by atoms with E-state index in [1.54, 1.807) is 6.92 Å². The smallest absolute Gasteiger partial charge is 0.510 e. The number of rotatable bonds is 9. The Morgan fingerprint density at radius 3 is 2.25 bits per heavy atom. The molecule has 0 aliphatic rings. The molecule has 0 aromatic rings. The van der Waals surface area contributed by atoms with Gasteiger partial charge < -0.3 is 5.11 Å². The summed E-state index contributed by atoms with van der Waals surface area (Å²) in [5.41, 5.74) is 3.46. The van der Waals surface area contributed by atoms with Crippen LogP contribution in [0.25, 0.3) is 0 Å². The van der Waals surface area contributed by atoms with Crippen LogP contribution in [-0.4, -0.2) is 16.6 Å². The van der Waals surface area contributed by atoms with Crippen LogP contribution in [0, 0.1) is 0 Å². The van der Waals surface area contributed by atoms with Gasteiger partial charge in [-0.15, -0.1) is 9.42 Å². The van der Waals surface area contributed by atoms with Crippen molar-refractivity contribution < 1.29 is 19.1 Å². The molecule has 0 bridgehead atoms. The number of hydrogen-bond donors (Lipinski definition) is 2. The number of allylic oxidation sites excluding steroid dienone is 5. The summed E-state index contributed by atoms with van der Waals surface area (Å²) >= 11 is 0.